The van der Waals surface area contributed by atoms with E-state index in [1.807, 2.05) is 6.92 Å². The zero-order valence-corrected chi connectivity index (χ0v) is 12.5. The second kappa shape index (κ2) is 6.03. The van der Waals surface area contributed by atoms with Crippen LogP contribution < -0.4 is 11.5 Å². The minimum absolute atomic E-state index is 0.0322. The van der Waals surface area contributed by atoms with Gasteiger partial charge in [0, 0.05) is 17.5 Å². The smallest absolute Gasteiger partial charge is 0.221 e. The molecular weight excluding hydrogens is 258 g/mol. The summed E-state index contributed by atoms with van der Waals surface area (Å²) < 4.78 is 0. The third-order valence-corrected chi connectivity index (χ3v) is 5.01. The van der Waals surface area contributed by atoms with Crippen LogP contribution in [0.4, 0.5) is 0 Å². The number of likely N-dealkylation sites (tertiary alicyclic amines) is 1. The van der Waals surface area contributed by atoms with Gasteiger partial charge in [-0.3, -0.25) is 9.69 Å². The van der Waals surface area contributed by atoms with Crippen molar-refractivity contribution in [3.05, 3.63) is 21.9 Å². The van der Waals surface area contributed by atoms with Gasteiger partial charge in [0.2, 0.25) is 5.91 Å². The number of carbonyl (C=O) groups is 1. The average Bonchev–Trinajstić information content (AvgIpc) is 2.76. The van der Waals surface area contributed by atoms with Gasteiger partial charge < -0.3 is 11.5 Å². The predicted octanol–water partition coefficient (Wildman–Crippen LogP) is 1.64. The number of thiophene rings is 1. The van der Waals surface area contributed by atoms with Gasteiger partial charge in [-0.15, -0.1) is 11.3 Å². The fraction of sp³-hybridized carbons (Fsp3) is 0.643. The molecule has 1 saturated heterocycles. The van der Waals surface area contributed by atoms with Crippen molar-refractivity contribution in [3.8, 4) is 0 Å². The predicted molar refractivity (Wildman–Crippen MR) is 78.9 cm³/mol. The minimum Gasteiger partial charge on any atom is -0.369 e. The molecule has 2 rings (SSSR count). The number of nitrogens with zero attached hydrogens (tertiary/aromatic N) is 1. The molecule has 1 fully saturated rings. The Morgan fingerprint density at radius 2 is 2.32 bits per heavy atom. The lowest BCUT2D eigenvalue weighted by molar-refractivity contribution is -0.123. The van der Waals surface area contributed by atoms with Crippen molar-refractivity contribution >= 4 is 17.2 Å². The Morgan fingerprint density at radius 1 is 1.58 bits per heavy atom. The molecule has 4 N–H and O–H groups in total. The van der Waals surface area contributed by atoms with Crippen LogP contribution in [0.2, 0.25) is 0 Å². The second-order valence-corrected chi connectivity index (χ2v) is 6.46. The van der Waals surface area contributed by atoms with Crippen molar-refractivity contribution in [2.24, 2.45) is 17.4 Å². The van der Waals surface area contributed by atoms with Crippen molar-refractivity contribution in [1.82, 2.24) is 4.90 Å². The summed E-state index contributed by atoms with van der Waals surface area (Å²) in [5.74, 6) is -0.216. The highest BCUT2D eigenvalue weighted by Gasteiger charge is 2.32. The van der Waals surface area contributed by atoms with Crippen molar-refractivity contribution in [3.63, 3.8) is 0 Å². The minimum atomic E-state index is -0.184. The van der Waals surface area contributed by atoms with Gasteiger partial charge in [0.1, 0.15) is 0 Å². The molecule has 1 aromatic rings. The zero-order valence-electron chi connectivity index (χ0n) is 11.6. The Kier molecular flexibility index (Phi) is 4.60. The number of rotatable bonds is 4. The molecular formula is C14H23N3OS. The summed E-state index contributed by atoms with van der Waals surface area (Å²) >= 11 is 1.75. The van der Waals surface area contributed by atoms with Gasteiger partial charge in [-0.2, -0.15) is 0 Å². The van der Waals surface area contributed by atoms with E-state index >= 15 is 0 Å². The summed E-state index contributed by atoms with van der Waals surface area (Å²) in [6.45, 7) is 5.89. The highest BCUT2D eigenvalue weighted by Crippen LogP contribution is 2.33. The van der Waals surface area contributed by atoms with Gasteiger partial charge >= 0.3 is 0 Å². The first kappa shape index (κ1) is 14.5. The van der Waals surface area contributed by atoms with Gasteiger partial charge in [0.05, 0.1) is 12.0 Å². The van der Waals surface area contributed by atoms with Crippen LogP contribution >= 0.6 is 11.3 Å². The third kappa shape index (κ3) is 3.16. The monoisotopic (exact) mass is 281 g/mol. The number of aryl methyl sites for hydroxylation is 1. The summed E-state index contributed by atoms with van der Waals surface area (Å²) in [5, 5.41) is 2.11. The average molecular weight is 281 g/mol. The molecule has 106 valence electrons. The van der Waals surface area contributed by atoms with Crippen LogP contribution in [-0.2, 0) is 4.79 Å². The van der Waals surface area contributed by atoms with Gasteiger partial charge in [-0.25, -0.2) is 0 Å². The summed E-state index contributed by atoms with van der Waals surface area (Å²) in [7, 11) is 0. The van der Waals surface area contributed by atoms with Gasteiger partial charge in [-0.1, -0.05) is 0 Å². The van der Waals surface area contributed by atoms with Crippen LogP contribution in [0.1, 0.15) is 36.2 Å². The molecule has 0 radical (unpaired) electrons. The first-order valence-corrected chi connectivity index (χ1v) is 7.71. The maximum absolute atomic E-state index is 11.4. The largest absolute Gasteiger partial charge is 0.369 e. The van der Waals surface area contributed by atoms with Crippen LogP contribution in [0.25, 0.3) is 0 Å². The lowest BCUT2D eigenvalue weighted by Gasteiger charge is -2.39. The molecule has 0 spiro atoms. The molecule has 0 aliphatic carbocycles. The van der Waals surface area contributed by atoms with E-state index in [1.165, 1.54) is 10.4 Å². The molecule has 2 heterocycles. The van der Waals surface area contributed by atoms with Gasteiger partial charge in [0.15, 0.2) is 0 Å². The van der Waals surface area contributed by atoms with Crippen LogP contribution in [0.15, 0.2) is 11.4 Å². The van der Waals surface area contributed by atoms with Gasteiger partial charge in [0.25, 0.3) is 0 Å². The Balaban J connectivity index is 2.20. The van der Waals surface area contributed by atoms with Crippen LogP contribution in [0.5, 0.6) is 0 Å². The number of hydrogen-bond acceptors (Lipinski definition) is 4. The fourth-order valence-corrected chi connectivity index (χ4v) is 4.09. The van der Waals surface area contributed by atoms with E-state index in [2.05, 4.69) is 23.3 Å². The molecule has 3 unspecified atom stereocenters. The second-order valence-electron chi connectivity index (χ2n) is 5.51. The maximum atomic E-state index is 11.4. The summed E-state index contributed by atoms with van der Waals surface area (Å²) in [5.41, 5.74) is 12.9. The Bertz CT molecular complexity index is 444. The molecule has 3 atom stereocenters. The van der Waals surface area contributed by atoms with Crippen LogP contribution in [0.3, 0.4) is 0 Å². The van der Waals surface area contributed by atoms with E-state index in [9.17, 15) is 4.79 Å². The van der Waals surface area contributed by atoms with Crippen molar-refractivity contribution in [1.29, 1.82) is 0 Å². The Labute approximate surface area is 118 Å². The number of primary amides is 1. The summed E-state index contributed by atoms with van der Waals surface area (Å²) in [4.78, 5) is 15.1. The number of piperidine rings is 1. The highest BCUT2D eigenvalue weighted by molar-refractivity contribution is 7.10. The van der Waals surface area contributed by atoms with Crippen molar-refractivity contribution in [2.75, 3.05) is 13.1 Å². The molecule has 1 amide bonds. The summed E-state index contributed by atoms with van der Waals surface area (Å²) in [6.07, 6.45) is 1.92. The quantitative estimate of drug-likeness (QED) is 0.881. The molecule has 1 aromatic heterocycles. The van der Waals surface area contributed by atoms with Crippen molar-refractivity contribution in [2.45, 2.75) is 38.8 Å². The molecule has 0 aromatic carbocycles. The van der Waals surface area contributed by atoms with E-state index in [0.717, 1.165) is 25.9 Å². The topological polar surface area (TPSA) is 72.3 Å². The molecule has 0 saturated carbocycles. The summed E-state index contributed by atoms with van der Waals surface area (Å²) in [6, 6.07) is 2.37. The first-order chi connectivity index (χ1) is 9.00. The van der Waals surface area contributed by atoms with E-state index < -0.39 is 0 Å². The van der Waals surface area contributed by atoms with Gasteiger partial charge in [-0.05, 0) is 50.2 Å². The number of nitrogens with two attached hydrogens (primary N) is 2. The Hall–Kier alpha value is -0.910. The molecule has 4 nitrogen and oxygen atoms in total. The standard InChI is InChI=1S/C14H23N3OS/c1-9-5-7-19-13(9)12(10(2)15)17-6-3-4-11(8-17)14(16)18/h5,7,10-12H,3-4,6,8,15H2,1-2H3,(H2,16,18). The van der Waals surface area contributed by atoms with E-state index in [-0.39, 0.29) is 23.9 Å². The van der Waals surface area contributed by atoms with E-state index in [0.29, 0.717) is 0 Å². The normalized spacial score (nSPS) is 24.1. The molecule has 19 heavy (non-hydrogen) atoms. The lowest BCUT2D eigenvalue weighted by atomic mass is 9.93. The third-order valence-electron chi connectivity index (χ3n) is 3.92. The number of amides is 1. The number of carbonyl (C=O) groups excluding carboxylic acids is 1. The molecule has 5 heteroatoms. The van der Waals surface area contributed by atoms with Crippen molar-refractivity contribution < 1.29 is 4.79 Å². The molecule has 1 aliphatic rings. The van der Waals surface area contributed by atoms with E-state index in [4.69, 9.17) is 11.5 Å². The molecule has 0 bridgehead atoms. The highest BCUT2D eigenvalue weighted by atomic mass is 32.1. The fourth-order valence-electron chi connectivity index (χ4n) is 2.92. The lowest BCUT2D eigenvalue weighted by Crippen LogP contribution is -2.47. The molecule has 1 aliphatic heterocycles. The number of hydrogen-bond donors (Lipinski definition) is 2. The Morgan fingerprint density at radius 3 is 2.84 bits per heavy atom. The van der Waals surface area contributed by atoms with E-state index in [1.54, 1.807) is 11.3 Å². The first-order valence-electron chi connectivity index (χ1n) is 6.83. The van der Waals surface area contributed by atoms with Crippen LogP contribution in [0, 0.1) is 12.8 Å². The maximum Gasteiger partial charge on any atom is 0.221 e. The van der Waals surface area contributed by atoms with Crippen LogP contribution in [-0.4, -0.2) is 29.9 Å². The zero-order chi connectivity index (χ0) is 14.0. The SMILES string of the molecule is Cc1ccsc1C(C(C)N)N1CCCC(C(N)=O)C1.